The van der Waals surface area contributed by atoms with Crippen LogP contribution in [0.15, 0.2) is 24.3 Å². The summed E-state index contributed by atoms with van der Waals surface area (Å²) in [4.78, 5) is 2.36. The summed E-state index contributed by atoms with van der Waals surface area (Å²) >= 11 is 0. The maximum absolute atomic E-state index is 3.51. The van der Waals surface area contributed by atoms with Crippen molar-refractivity contribution in [3.8, 4) is 0 Å². The van der Waals surface area contributed by atoms with Crippen LogP contribution in [0.1, 0.15) is 25.8 Å². The molecular weight excluding hydrogens is 196 g/mol. The largest absolute Gasteiger partial charge is 0.384 e. The van der Waals surface area contributed by atoms with Crippen molar-refractivity contribution in [3.05, 3.63) is 29.8 Å². The molecule has 0 fully saturated rings. The number of nitrogens with zero attached hydrogens (tertiary/aromatic N) is 1. The summed E-state index contributed by atoms with van der Waals surface area (Å²) in [5.74, 6) is 0. The second kappa shape index (κ2) is 7.29. The van der Waals surface area contributed by atoms with Gasteiger partial charge in [0.15, 0.2) is 0 Å². The van der Waals surface area contributed by atoms with Crippen molar-refractivity contribution in [2.45, 2.75) is 26.7 Å². The molecule has 0 spiro atoms. The zero-order valence-electron chi connectivity index (χ0n) is 10.8. The highest BCUT2D eigenvalue weighted by Crippen LogP contribution is 2.14. The number of nitrogens with one attached hydrogen (secondary N) is 1. The summed E-state index contributed by atoms with van der Waals surface area (Å²) in [6.45, 7) is 7.72. The van der Waals surface area contributed by atoms with E-state index in [0.29, 0.717) is 0 Å². The van der Waals surface area contributed by atoms with E-state index in [0.717, 1.165) is 19.5 Å². The van der Waals surface area contributed by atoms with Crippen LogP contribution in [0.4, 0.5) is 5.69 Å². The van der Waals surface area contributed by atoms with Crippen molar-refractivity contribution in [2.24, 2.45) is 0 Å². The zero-order valence-corrected chi connectivity index (χ0v) is 10.8. The van der Waals surface area contributed by atoms with Gasteiger partial charge in [-0.25, -0.2) is 0 Å². The van der Waals surface area contributed by atoms with Gasteiger partial charge in [0.1, 0.15) is 0 Å². The first-order valence-electron chi connectivity index (χ1n) is 6.28. The lowest BCUT2D eigenvalue weighted by molar-refractivity contribution is 0.348. The molecule has 0 amide bonds. The highest BCUT2D eigenvalue weighted by atomic mass is 15.1. The van der Waals surface area contributed by atoms with Gasteiger partial charge in [0.05, 0.1) is 0 Å². The topological polar surface area (TPSA) is 15.3 Å². The number of para-hydroxylation sites is 1. The van der Waals surface area contributed by atoms with E-state index in [4.69, 9.17) is 0 Å². The maximum atomic E-state index is 3.51. The Morgan fingerprint density at radius 1 is 1.12 bits per heavy atom. The SMILES string of the molecule is CCCN(C)CCNc1ccccc1CC. The molecule has 1 aromatic rings. The third kappa shape index (κ3) is 4.23. The predicted octanol–water partition coefficient (Wildman–Crippen LogP) is 3.00. The number of anilines is 1. The van der Waals surface area contributed by atoms with Gasteiger partial charge >= 0.3 is 0 Å². The molecule has 2 heteroatoms. The summed E-state index contributed by atoms with van der Waals surface area (Å²) in [6.07, 6.45) is 2.32. The van der Waals surface area contributed by atoms with Crippen LogP contribution >= 0.6 is 0 Å². The molecule has 0 aliphatic heterocycles. The number of rotatable bonds is 7. The molecule has 16 heavy (non-hydrogen) atoms. The number of aryl methyl sites for hydroxylation is 1. The van der Waals surface area contributed by atoms with Crippen molar-refractivity contribution in [3.63, 3.8) is 0 Å². The van der Waals surface area contributed by atoms with Gasteiger partial charge < -0.3 is 10.2 Å². The second-order valence-corrected chi connectivity index (χ2v) is 4.24. The number of benzene rings is 1. The Morgan fingerprint density at radius 2 is 1.88 bits per heavy atom. The van der Waals surface area contributed by atoms with E-state index >= 15 is 0 Å². The fourth-order valence-electron chi connectivity index (χ4n) is 1.88. The van der Waals surface area contributed by atoms with Gasteiger partial charge in [0.2, 0.25) is 0 Å². The Morgan fingerprint density at radius 3 is 2.56 bits per heavy atom. The van der Waals surface area contributed by atoms with Crippen molar-refractivity contribution in [1.29, 1.82) is 0 Å². The molecule has 1 rings (SSSR count). The number of likely N-dealkylation sites (N-methyl/N-ethyl adjacent to an activating group) is 1. The van der Waals surface area contributed by atoms with Crippen LogP contribution in [0, 0.1) is 0 Å². The lowest BCUT2D eigenvalue weighted by Gasteiger charge is -2.17. The average molecular weight is 220 g/mol. The molecule has 0 aliphatic carbocycles. The average Bonchev–Trinajstić information content (AvgIpc) is 2.30. The molecule has 0 atom stereocenters. The molecule has 0 saturated carbocycles. The van der Waals surface area contributed by atoms with Gasteiger partial charge in [0, 0.05) is 18.8 Å². The Kier molecular flexibility index (Phi) is 5.94. The molecule has 0 saturated heterocycles. The first kappa shape index (κ1) is 13.0. The summed E-state index contributed by atoms with van der Waals surface area (Å²) in [6, 6.07) is 8.56. The van der Waals surface area contributed by atoms with Gasteiger partial charge in [-0.15, -0.1) is 0 Å². The molecule has 1 aromatic carbocycles. The summed E-state index contributed by atoms with van der Waals surface area (Å²) in [7, 11) is 2.18. The molecular formula is C14H24N2. The van der Waals surface area contributed by atoms with Gasteiger partial charge in [-0.1, -0.05) is 32.0 Å². The Bertz CT molecular complexity index is 297. The smallest absolute Gasteiger partial charge is 0.0373 e. The highest BCUT2D eigenvalue weighted by molar-refractivity contribution is 5.50. The zero-order chi connectivity index (χ0) is 11.8. The quantitative estimate of drug-likeness (QED) is 0.760. The Hall–Kier alpha value is -1.02. The van der Waals surface area contributed by atoms with E-state index in [1.54, 1.807) is 0 Å². The molecule has 90 valence electrons. The number of hydrogen-bond acceptors (Lipinski definition) is 2. The Labute approximate surface area is 99.7 Å². The minimum Gasteiger partial charge on any atom is -0.384 e. The molecule has 1 N–H and O–H groups in total. The lowest BCUT2D eigenvalue weighted by Crippen LogP contribution is -2.26. The van der Waals surface area contributed by atoms with Crippen molar-refractivity contribution >= 4 is 5.69 Å². The van der Waals surface area contributed by atoms with Gasteiger partial charge in [-0.05, 0) is 38.1 Å². The van der Waals surface area contributed by atoms with Gasteiger partial charge in [0.25, 0.3) is 0 Å². The third-order valence-electron chi connectivity index (χ3n) is 2.81. The Balaban J connectivity index is 2.36. The van der Waals surface area contributed by atoms with Crippen LogP contribution in [0.5, 0.6) is 0 Å². The molecule has 0 heterocycles. The van der Waals surface area contributed by atoms with E-state index < -0.39 is 0 Å². The first-order valence-corrected chi connectivity index (χ1v) is 6.28. The summed E-state index contributed by atoms with van der Waals surface area (Å²) in [5, 5.41) is 3.51. The van der Waals surface area contributed by atoms with Crippen LogP contribution in [0.2, 0.25) is 0 Å². The fourth-order valence-corrected chi connectivity index (χ4v) is 1.88. The molecule has 0 aromatic heterocycles. The summed E-state index contributed by atoms with van der Waals surface area (Å²) in [5.41, 5.74) is 2.69. The monoisotopic (exact) mass is 220 g/mol. The molecule has 0 aliphatic rings. The van der Waals surface area contributed by atoms with E-state index in [1.807, 2.05) is 0 Å². The fraction of sp³-hybridized carbons (Fsp3) is 0.571. The van der Waals surface area contributed by atoms with Crippen molar-refractivity contribution in [1.82, 2.24) is 4.90 Å². The normalized spacial score (nSPS) is 10.8. The lowest BCUT2D eigenvalue weighted by atomic mass is 10.1. The van der Waals surface area contributed by atoms with E-state index in [-0.39, 0.29) is 0 Å². The van der Waals surface area contributed by atoms with E-state index in [1.165, 1.54) is 24.2 Å². The van der Waals surface area contributed by atoms with Crippen LogP contribution < -0.4 is 5.32 Å². The molecule has 0 unspecified atom stereocenters. The first-order chi connectivity index (χ1) is 7.77. The third-order valence-corrected chi connectivity index (χ3v) is 2.81. The number of hydrogen-bond donors (Lipinski definition) is 1. The molecule has 0 bridgehead atoms. The van der Waals surface area contributed by atoms with Crippen molar-refractivity contribution in [2.75, 3.05) is 32.0 Å². The van der Waals surface area contributed by atoms with Crippen molar-refractivity contribution < 1.29 is 0 Å². The second-order valence-electron chi connectivity index (χ2n) is 4.24. The van der Waals surface area contributed by atoms with Gasteiger partial charge in [-0.2, -0.15) is 0 Å². The van der Waals surface area contributed by atoms with E-state index in [2.05, 4.69) is 55.4 Å². The summed E-state index contributed by atoms with van der Waals surface area (Å²) < 4.78 is 0. The maximum Gasteiger partial charge on any atom is 0.0373 e. The minimum atomic E-state index is 1.02. The standard InChI is InChI=1S/C14H24N2/c1-4-11-16(3)12-10-15-14-9-7-6-8-13(14)5-2/h6-9,15H,4-5,10-12H2,1-3H3. The van der Waals surface area contributed by atoms with Gasteiger partial charge in [-0.3, -0.25) is 0 Å². The van der Waals surface area contributed by atoms with Crippen LogP contribution in [0.3, 0.4) is 0 Å². The van der Waals surface area contributed by atoms with Crippen LogP contribution in [0.25, 0.3) is 0 Å². The van der Waals surface area contributed by atoms with Crippen LogP contribution in [-0.4, -0.2) is 31.6 Å². The highest BCUT2D eigenvalue weighted by Gasteiger charge is 1.99. The molecule has 2 nitrogen and oxygen atoms in total. The van der Waals surface area contributed by atoms with E-state index in [9.17, 15) is 0 Å². The minimum absolute atomic E-state index is 1.02. The predicted molar refractivity (Wildman–Crippen MR) is 72.1 cm³/mol. The van der Waals surface area contributed by atoms with Crippen LogP contribution in [-0.2, 0) is 6.42 Å². The molecule has 0 radical (unpaired) electrons.